The molecule has 0 amide bonds. The fraction of sp³-hybridized carbons (Fsp3) is 0.316. The molecule has 25 heavy (non-hydrogen) atoms. The van der Waals surface area contributed by atoms with Crippen LogP contribution in [0.25, 0.3) is 11.0 Å². The molecule has 5 nitrogen and oxygen atoms in total. The predicted molar refractivity (Wildman–Crippen MR) is 94.1 cm³/mol. The summed E-state index contributed by atoms with van der Waals surface area (Å²) >= 11 is 0. The van der Waals surface area contributed by atoms with E-state index in [4.69, 9.17) is 0 Å². The lowest BCUT2D eigenvalue weighted by molar-refractivity contribution is 0.0641. The van der Waals surface area contributed by atoms with Crippen molar-refractivity contribution >= 4 is 11.0 Å². The average molecular weight is 344 g/mol. The fourth-order valence-corrected chi connectivity index (χ4v) is 3.26. The molecule has 1 unspecified atom stereocenters. The van der Waals surface area contributed by atoms with Crippen LogP contribution in [-0.2, 0) is 6.54 Å². The molecule has 1 heterocycles. The van der Waals surface area contributed by atoms with Crippen molar-refractivity contribution < 1.29 is 14.6 Å². The lowest BCUT2D eigenvalue weighted by Gasteiger charge is -2.23. The number of benzene rings is 2. The first-order valence-corrected chi connectivity index (χ1v) is 8.32. The van der Waals surface area contributed by atoms with E-state index in [2.05, 4.69) is 0 Å². The second-order valence-corrected chi connectivity index (χ2v) is 6.04. The van der Waals surface area contributed by atoms with Gasteiger partial charge in [0.15, 0.2) is 0 Å². The van der Waals surface area contributed by atoms with Crippen LogP contribution in [0.15, 0.2) is 53.3 Å². The third-order valence-electron chi connectivity index (χ3n) is 4.34. The Kier molecular flexibility index (Phi) is 5.01. The lowest BCUT2D eigenvalue weighted by Crippen LogP contribution is -2.36. The first-order chi connectivity index (χ1) is 12.1. The van der Waals surface area contributed by atoms with Crippen molar-refractivity contribution in [1.29, 1.82) is 0 Å². The van der Waals surface area contributed by atoms with Gasteiger partial charge in [-0.25, -0.2) is 9.18 Å². The molecule has 0 fully saturated rings. The highest BCUT2D eigenvalue weighted by atomic mass is 19.1. The Morgan fingerprint density at radius 3 is 2.48 bits per heavy atom. The smallest absolute Gasteiger partial charge is 0.329 e. The van der Waals surface area contributed by atoms with E-state index in [0.717, 1.165) is 6.42 Å². The van der Waals surface area contributed by atoms with Crippen molar-refractivity contribution in [3.05, 3.63) is 70.4 Å². The molecule has 0 radical (unpaired) electrons. The van der Waals surface area contributed by atoms with Crippen LogP contribution in [-0.4, -0.2) is 32.1 Å². The van der Waals surface area contributed by atoms with Crippen molar-refractivity contribution in [3.8, 4) is 0 Å². The quantitative estimate of drug-likeness (QED) is 0.721. The van der Waals surface area contributed by atoms with E-state index >= 15 is 0 Å². The highest BCUT2D eigenvalue weighted by Crippen LogP contribution is 2.26. The summed E-state index contributed by atoms with van der Waals surface area (Å²) in [4.78, 5) is 13.0. The number of nitrogens with zero attached hydrogens (tertiary/aromatic N) is 2. The molecule has 2 atom stereocenters. The van der Waals surface area contributed by atoms with Crippen molar-refractivity contribution in [2.24, 2.45) is 0 Å². The van der Waals surface area contributed by atoms with E-state index < -0.39 is 24.6 Å². The molecule has 0 aliphatic carbocycles. The molecule has 3 aromatic rings. The molecule has 2 aromatic carbocycles. The molecular formula is C19H21FN2O3. The number of fused-ring (bicyclic) bond motifs is 1. The molecule has 2 N–H and O–H groups in total. The molecular weight excluding hydrogens is 323 g/mol. The van der Waals surface area contributed by atoms with Crippen molar-refractivity contribution in [2.75, 3.05) is 6.61 Å². The van der Waals surface area contributed by atoms with Gasteiger partial charge >= 0.3 is 5.69 Å². The Morgan fingerprint density at radius 2 is 1.84 bits per heavy atom. The average Bonchev–Trinajstić information content (AvgIpc) is 2.88. The lowest BCUT2D eigenvalue weighted by atomic mass is 10.0. The van der Waals surface area contributed by atoms with Crippen LogP contribution in [0.1, 0.15) is 24.9 Å². The summed E-state index contributed by atoms with van der Waals surface area (Å²) < 4.78 is 16.8. The number of hydrogen-bond acceptors (Lipinski definition) is 3. The Morgan fingerprint density at radius 1 is 1.12 bits per heavy atom. The largest absolute Gasteiger partial charge is 0.394 e. The van der Waals surface area contributed by atoms with E-state index in [0.29, 0.717) is 23.1 Å². The maximum Gasteiger partial charge on any atom is 0.329 e. The Hall–Kier alpha value is -2.44. The van der Waals surface area contributed by atoms with Gasteiger partial charge in [-0.1, -0.05) is 37.3 Å². The summed E-state index contributed by atoms with van der Waals surface area (Å²) in [6.45, 7) is 1.93. The zero-order valence-corrected chi connectivity index (χ0v) is 14.0. The van der Waals surface area contributed by atoms with Crippen LogP contribution in [0.5, 0.6) is 0 Å². The van der Waals surface area contributed by atoms with Gasteiger partial charge in [-0.3, -0.25) is 9.13 Å². The number of hydrogen-bond donors (Lipinski definition) is 2. The molecule has 0 saturated carbocycles. The third-order valence-corrected chi connectivity index (χ3v) is 4.34. The summed E-state index contributed by atoms with van der Waals surface area (Å²) in [7, 11) is 0. The summed E-state index contributed by atoms with van der Waals surface area (Å²) in [6, 6.07) is 12.4. The van der Waals surface area contributed by atoms with Gasteiger partial charge in [0.25, 0.3) is 0 Å². The molecule has 0 spiro atoms. The molecule has 0 saturated heterocycles. The molecule has 132 valence electrons. The second kappa shape index (κ2) is 7.21. The number of rotatable bonds is 6. The fourth-order valence-electron chi connectivity index (χ4n) is 3.26. The van der Waals surface area contributed by atoms with E-state index in [1.807, 2.05) is 13.0 Å². The molecule has 0 aliphatic rings. The van der Waals surface area contributed by atoms with E-state index in [-0.39, 0.29) is 5.69 Å². The topological polar surface area (TPSA) is 67.4 Å². The zero-order chi connectivity index (χ0) is 18.0. The number of aryl methyl sites for hydroxylation is 1. The molecule has 0 aliphatic heterocycles. The van der Waals surface area contributed by atoms with Crippen molar-refractivity contribution in [2.45, 2.75) is 32.0 Å². The van der Waals surface area contributed by atoms with Gasteiger partial charge in [0.05, 0.1) is 23.7 Å². The van der Waals surface area contributed by atoms with E-state index in [1.54, 1.807) is 34.9 Å². The number of aliphatic hydroxyl groups excluding tert-OH is 2. The van der Waals surface area contributed by atoms with Crippen LogP contribution < -0.4 is 5.69 Å². The second-order valence-electron chi connectivity index (χ2n) is 6.04. The van der Waals surface area contributed by atoms with Gasteiger partial charge in [-0.15, -0.1) is 0 Å². The maximum absolute atomic E-state index is 13.9. The van der Waals surface area contributed by atoms with Gasteiger partial charge in [0.2, 0.25) is 0 Å². The van der Waals surface area contributed by atoms with Crippen LogP contribution >= 0.6 is 0 Å². The van der Waals surface area contributed by atoms with E-state index in [9.17, 15) is 19.4 Å². The van der Waals surface area contributed by atoms with Crippen LogP contribution in [0.3, 0.4) is 0 Å². The number of aromatic nitrogens is 2. The summed E-state index contributed by atoms with van der Waals surface area (Å²) in [5.74, 6) is -0.458. The molecule has 0 bridgehead atoms. The van der Waals surface area contributed by atoms with Crippen molar-refractivity contribution in [1.82, 2.24) is 9.13 Å². The summed E-state index contributed by atoms with van der Waals surface area (Å²) in [5, 5.41) is 19.9. The third kappa shape index (κ3) is 3.10. The Bertz CT molecular complexity index is 918. The highest BCUT2D eigenvalue weighted by Gasteiger charge is 2.27. The monoisotopic (exact) mass is 344 g/mol. The number of aliphatic hydroxyl groups is 2. The zero-order valence-electron chi connectivity index (χ0n) is 14.0. The number of halogens is 1. The van der Waals surface area contributed by atoms with Crippen LogP contribution in [0, 0.1) is 5.82 Å². The Balaban J connectivity index is 2.33. The van der Waals surface area contributed by atoms with Crippen LogP contribution in [0.4, 0.5) is 4.39 Å². The predicted octanol–water partition coefficient (Wildman–Crippen LogP) is 2.29. The van der Waals surface area contributed by atoms with Gasteiger partial charge in [0, 0.05) is 6.54 Å². The first kappa shape index (κ1) is 17.4. The van der Waals surface area contributed by atoms with Gasteiger partial charge < -0.3 is 10.2 Å². The maximum atomic E-state index is 13.9. The number of imidazole rings is 1. The van der Waals surface area contributed by atoms with E-state index in [1.165, 1.54) is 16.7 Å². The minimum atomic E-state index is -1.19. The molecule has 3 rings (SSSR count). The minimum Gasteiger partial charge on any atom is -0.394 e. The van der Waals surface area contributed by atoms with Crippen LogP contribution in [0.2, 0.25) is 0 Å². The van der Waals surface area contributed by atoms with Gasteiger partial charge in [0.1, 0.15) is 11.9 Å². The SMILES string of the molecule is CCCn1c(=O)n(C(c2ccccc2)[C@H](O)CO)c2cc(F)ccc21. The standard InChI is InChI=1S/C19H21FN2O3/c1-2-10-21-15-9-8-14(20)11-16(15)22(19(21)25)18(17(24)12-23)13-6-4-3-5-7-13/h3-9,11,17-18,23-24H,2,10,12H2,1H3/t17-,18?/m1/s1. The summed E-state index contributed by atoms with van der Waals surface area (Å²) in [6.07, 6.45) is -0.446. The molecule has 1 aromatic heterocycles. The Labute approximate surface area is 144 Å². The first-order valence-electron chi connectivity index (χ1n) is 8.32. The minimum absolute atomic E-state index is 0.330. The summed E-state index contributed by atoms with van der Waals surface area (Å²) in [5.41, 5.74) is 1.36. The van der Waals surface area contributed by atoms with Gasteiger partial charge in [-0.2, -0.15) is 0 Å². The normalized spacial score (nSPS) is 13.9. The van der Waals surface area contributed by atoms with Crippen molar-refractivity contribution in [3.63, 3.8) is 0 Å². The molecule has 6 heteroatoms. The van der Waals surface area contributed by atoms with Gasteiger partial charge in [-0.05, 0) is 30.2 Å². The highest BCUT2D eigenvalue weighted by molar-refractivity contribution is 5.76.